The average molecular weight is 223 g/mol. The summed E-state index contributed by atoms with van der Waals surface area (Å²) in [6, 6.07) is 0. The molecule has 0 aromatic heterocycles. The first-order chi connectivity index (χ1) is 7.26. The van der Waals surface area contributed by atoms with E-state index in [9.17, 15) is 4.79 Å². The maximum Gasteiger partial charge on any atom is 0.225 e. The van der Waals surface area contributed by atoms with Gasteiger partial charge in [0.15, 0.2) is 0 Å². The van der Waals surface area contributed by atoms with Crippen molar-refractivity contribution < 1.29 is 4.79 Å². The molecule has 1 aliphatic heterocycles. The molecule has 0 aromatic rings. The van der Waals surface area contributed by atoms with Gasteiger partial charge in [-0.2, -0.15) is 0 Å². The quantitative estimate of drug-likeness (QED) is 0.669. The molecule has 2 rings (SSSR count). The van der Waals surface area contributed by atoms with E-state index >= 15 is 0 Å². The van der Waals surface area contributed by atoms with Gasteiger partial charge in [0.2, 0.25) is 5.91 Å². The number of hydrogen-bond acceptors (Lipinski definition) is 1. The van der Waals surface area contributed by atoms with Crippen molar-refractivity contribution in [2.75, 3.05) is 6.54 Å². The first kappa shape index (κ1) is 11.9. The Morgan fingerprint density at radius 1 is 1.31 bits per heavy atom. The summed E-state index contributed by atoms with van der Waals surface area (Å²) in [7, 11) is 0. The molecule has 0 radical (unpaired) electrons. The van der Waals surface area contributed by atoms with Crippen LogP contribution in [-0.2, 0) is 4.79 Å². The van der Waals surface area contributed by atoms with Gasteiger partial charge in [-0.15, -0.1) is 0 Å². The molecule has 2 bridgehead atoms. The van der Waals surface area contributed by atoms with Crippen molar-refractivity contribution in [1.82, 2.24) is 4.90 Å². The summed E-state index contributed by atoms with van der Waals surface area (Å²) in [5, 5.41) is 0. The fourth-order valence-corrected chi connectivity index (χ4v) is 4.28. The monoisotopic (exact) mass is 223 g/mol. The molecule has 2 fully saturated rings. The highest BCUT2D eigenvalue weighted by molar-refractivity contribution is 5.79. The summed E-state index contributed by atoms with van der Waals surface area (Å²) < 4.78 is 0. The number of carbonyl (C=O) groups is 1. The molecule has 3 unspecified atom stereocenters. The molecule has 1 aliphatic carbocycles. The Labute approximate surface area is 99.4 Å². The number of fused-ring (bicyclic) bond motifs is 2. The van der Waals surface area contributed by atoms with Gasteiger partial charge in [0, 0.05) is 18.0 Å². The average Bonchev–Trinajstić information content (AvgIpc) is 2.29. The lowest BCUT2D eigenvalue weighted by Crippen LogP contribution is -2.47. The van der Waals surface area contributed by atoms with Crippen LogP contribution in [0.1, 0.15) is 53.9 Å². The van der Waals surface area contributed by atoms with Crippen molar-refractivity contribution in [3.8, 4) is 0 Å². The summed E-state index contributed by atoms with van der Waals surface area (Å²) in [6.45, 7) is 12.0. The van der Waals surface area contributed by atoms with Gasteiger partial charge in [-0.25, -0.2) is 0 Å². The standard InChI is InChI=1S/C14H25NO/c1-10(2)12(16)15-9-13(4)6-11(3)7-14(15,5)8-13/h10-11H,6-9H2,1-5H3. The van der Waals surface area contributed by atoms with E-state index in [0.717, 1.165) is 12.5 Å². The van der Waals surface area contributed by atoms with Gasteiger partial charge in [0.05, 0.1) is 0 Å². The Morgan fingerprint density at radius 2 is 1.94 bits per heavy atom. The molecule has 2 nitrogen and oxygen atoms in total. The molecule has 16 heavy (non-hydrogen) atoms. The van der Waals surface area contributed by atoms with Crippen molar-refractivity contribution in [2.24, 2.45) is 17.3 Å². The van der Waals surface area contributed by atoms with Crippen molar-refractivity contribution in [3.63, 3.8) is 0 Å². The Kier molecular flexibility index (Phi) is 2.60. The van der Waals surface area contributed by atoms with E-state index in [1.807, 2.05) is 13.8 Å². The molecule has 0 spiro atoms. The highest BCUT2D eigenvalue weighted by Gasteiger charge is 2.54. The van der Waals surface area contributed by atoms with Crippen molar-refractivity contribution in [1.29, 1.82) is 0 Å². The van der Waals surface area contributed by atoms with Crippen LogP contribution in [0.3, 0.4) is 0 Å². The molecular formula is C14H25NO. The third kappa shape index (κ3) is 1.76. The van der Waals surface area contributed by atoms with Crippen LogP contribution in [-0.4, -0.2) is 22.9 Å². The lowest BCUT2D eigenvalue weighted by atomic mass is 9.68. The van der Waals surface area contributed by atoms with Gasteiger partial charge in [-0.3, -0.25) is 4.79 Å². The van der Waals surface area contributed by atoms with E-state index in [1.165, 1.54) is 19.3 Å². The van der Waals surface area contributed by atoms with E-state index in [-0.39, 0.29) is 11.5 Å². The normalized spacial score (nSPS) is 42.9. The van der Waals surface area contributed by atoms with Crippen LogP contribution in [0.25, 0.3) is 0 Å². The Bertz CT molecular complexity index is 312. The van der Waals surface area contributed by atoms with E-state index in [2.05, 4.69) is 25.7 Å². The minimum atomic E-state index is 0.133. The number of amides is 1. The smallest absolute Gasteiger partial charge is 0.225 e. The summed E-state index contributed by atoms with van der Waals surface area (Å²) in [5.41, 5.74) is 0.505. The Morgan fingerprint density at radius 3 is 2.50 bits per heavy atom. The van der Waals surface area contributed by atoms with Gasteiger partial charge in [0.25, 0.3) is 0 Å². The van der Waals surface area contributed by atoms with Crippen LogP contribution in [0.2, 0.25) is 0 Å². The zero-order valence-electron chi connectivity index (χ0n) is 11.3. The number of nitrogens with zero attached hydrogens (tertiary/aromatic N) is 1. The van der Waals surface area contributed by atoms with E-state index in [0.29, 0.717) is 11.3 Å². The van der Waals surface area contributed by atoms with Gasteiger partial charge >= 0.3 is 0 Å². The third-order valence-corrected chi connectivity index (χ3v) is 4.39. The Balaban J connectivity index is 2.27. The molecule has 0 aromatic carbocycles. The molecule has 92 valence electrons. The van der Waals surface area contributed by atoms with Crippen LogP contribution in [0.15, 0.2) is 0 Å². The molecular weight excluding hydrogens is 198 g/mol. The minimum Gasteiger partial charge on any atom is -0.337 e. The van der Waals surface area contributed by atoms with Gasteiger partial charge in [-0.05, 0) is 37.5 Å². The predicted octanol–water partition coefficient (Wildman–Crippen LogP) is 3.07. The molecule has 3 atom stereocenters. The first-order valence-corrected chi connectivity index (χ1v) is 6.57. The second-order valence-corrected chi connectivity index (χ2v) is 7.08. The van der Waals surface area contributed by atoms with Crippen molar-refractivity contribution >= 4 is 5.91 Å². The highest BCUT2D eigenvalue weighted by atomic mass is 16.2. The number of carbonyl (C=O) groups excluding carboxylic acids is 1. The molecule has 2 heteroatoms. The second kappa shape index (κ2) is 3.48. The van der Waals surface area contributed by atoms with Gasteiger partial charge in [0.1, 0.15) is 0 Å². The minimum absolute atomic E-state index is 0.133. The van der Waals surface area contributed by atoms with Crippen LogP contribution in [0.5, 0.6) is 0 Å². The second-order valence-electron chi connectivity index (χ2n) is 7.08. The molecule has 2 aliphatic rings. The summed E-state index contributed by atoms with van der Waals surface area (Å²) >= 11 is 0. The van der Waals surface area contributed by atoms with Crippen LogP contribution >= 0.6 is 0 Å². The molecule has 1 heterocycles. The molecule has 1 amide bonds. The van der Waals surface area contributed by atoms with Gasteiger partial charge < -0.3 is 4.90 Å². The first-order valence-electron chi connectivity index (χ1n) is 6.57. The van der Waals surface area contributed by atoms with E-state index < -0.39 is 0 Å². The van der Waals surface area contributed by atoms with E-state index in [4.69, 9.17) is 0 Å². The molecule has 1 saturated heterocycles. The lowest BCUT2D eigenvalue weighted by molar-refractivity contribution is -0.138. The van der Waals surface area contributed by atoms with E-state index in [1.54, 1.807) is 0 Å². The topological polar surface area (TPSA) is 20.3 Å². The number of likely N-dealkylation sites (tertiary alicyclic amines) is 1. The van der Waals surface area contributed by atoms with Crippen molar-refractivity contribution in [3.05, 3.63) is 0 Å². The lowest BCUT2D eigenvalue weighted by Gasteiger charge is -2.40. The zero-order chi connectivity index (χ0) is 12.1. The molecule has 0 N–H and O–H groups in total. The zero-order valence-corrected chi connectivity index (χ0v) is 11.3. The van der Waals surface area contributed by atoms with Crippen LogP contribution < -0.4 is 0 Å². The number of rotatable bonds is 1. The van der Waals surface area contributed by atoms with Crippen molar-refractivity contribution in [2.45, 2.75) is 59.4 Å². The summed E-state index contributed by atoms with van der Waals surface area (Å²) in [4.78, 5) is 14.4. The highest BCUT2D eigenvalue weighted by Crippen LogP contribution is 2.53. The van der Waals surface area contributed by atoms with Crippen LogP contribution in [0, 0.1) is 17.3 Å². The predicted molar refractivity (Wildman–Crippen MR) is 66.1 cm³/mol. The fourth-order valence-electron chi connectivity index (χ4n) is 4.28. The Hall–Kier alpha value is -0.530. The maximum absolute atomic E-state index is 12.3. The third-order valence-electron chi connectivity index (χ3n) is 4.39. The maximum atomic E-state index is 12.3. The molecule has 1 saturated carbocycles. The SMILES string of the molecule is CC1CC2(C)CN(C(=O)C(C)C)C(C)(C1)C2. The fraction of sp³-hybridized carbons (Fsp3) is 0.929. The van der Waals surface area contributed by atoms with Crippen LogP contribution in [0.4, 0.5) is 0 Å². The number of hydrogen-bond donors (Lipinski definition) is 0. The van der Waals surface area contributed by atoms with Gasteiger partial charge in [-0.1, -0.05) is 27.7 Å². The largest absolute Gasteiger partial charge is 0.337 e. The summed E-state index contributed by atoms with van der Waals surface area (Å²) in [6.07, 6.45) is 3.66. The summed E-state index contributed by atoms with van der Waals surface area (Å²) in [5.74, 6) is 1.24.